The number of H-pyrrole nitrogens is 2. The fourth-order valence-electron chi connectivity index (χ4n) is 5.37. The summed E-state index contributed by atoms with van der Waals surface area (Å²) in [5, 5.41) is 0. The molecular weight excluding hydrogens is 320 g/mol. The van der Waals surface area contributed by atoms with Crippen LogP contribution >= 0.6 is 0 Å². The Morgan fingerprint density at radius 1 is 1.08 bits per heavy atom. The van der Waals surface area contributed by atoms with Crippen LogP contribution in [0.15, 0.2) is 9.59 Å². The molecule has 0 saturated carbocycles. The summed E-state index contributed by atoms with van der Waals surface area (Å²) >= 11 is 0. The molecule has 5 heterocycles. The minimum Gasteiger partial charge on any atom is -0.308 e. The first kappa shape index (κ1) is 16.7. The first-order valence-corrected chi connectivity index (χ1v) is 9.16. The Labute approximate surface area is 146 Å². The number of carbonyl (C=O) groups excluding carboxylic acids is 1. The van der Waals surface area contributed by atoms with Crippen molar-refractivity contribution in [1.82, 2.24) is 19.8 Å². The van der Waals surface area contributed by atoms with Gasteiger partial charge in [-0.1, -0.05) is 26.7 Å². The molecule has 0 aliphatic carbocycles. The van der Waals surface area contributed by atoms with Crippen molar-refractivity contribution in [2.45, 2.75) is 46.2 Å². The molecule has 5 rings (SSSR count). The number of aromatic amines is 2. The van der Waals surface area contributed by atoms with E-state index in [1.54, 1.807) is 6.92 Å². The number of carbonyl (C=O) groups is 1. The number of Topliss-reactive ketones (excluding diaryl/α,β-unsaturated/α-hetero) is 1. The summed E-state index contributed by atoms with van der Waals surface area (Å²) in [6, 6.07) is 0. The van der Waals surface area contributed by atoms with Crippen molar-refractivity contribution in [3.05, 3.63) is 32.1 Å². The van der Waals surface area contributed by atoms with Crippen LogP contribution in [0.1, 0.15) is 50.5 Å². The highest BCUT2D eigenvalue weighted by Gasteiger charge is 2.63. The minimum absolute atomic E-state index is 0.120. The third-order valence-electron chi connectivity index (χ3n) is 6.32. The fourth-order valence-corrected chi connectivity index (χ4v) is 5.37. The lowest BCUT2D eigenvalue weighted by Gasteiger charge is -2.65. The number of hydrogen-bond donors (Lipinski definition) is 2. The van der Waals surface area contributed by atoms with E-state index in [-0.39, 0.29) is 22.6 Å². The number of hydrogen-bond acceptors (Lipinski definition) is 5. The maximum atomic E-state index is 13.2. The SMILES string of the molecule is CCCCC12CN3CC(C)(CN(C1)C3c1[nH]c(=O)[nH]c(=O)c1C)C2=O. The molecule has 4 aliphatic rings. The van der Waals surface area contributed by atoms with E-state index in [9.17, 15) is 14.4 Å². The number of nitrogens with one attached hydrogen (secondary N) is 2. The molecule has 2 unspecified atom stereocenters. The summed E-state index contributed by atoms with van der Waals surface area (Å²) in [6.45, 7) is 8.79. The third-order valence-corrected chi connectivity index (χ3v) is 6.32. The fraction of sp³-hybridized carbons (Fsp3) is 0.722. The van der Waals surface area contributed by atoms with E-state index in [1.807, 2.05) is 0 Å². The van der Waals surface area contributed by atoms with Crippen LogP contribution in [-0.4, -0.2) is 51.7 Å². The van der Waals surface area contributed by atoms with Crippen molar-refractivity contribution in [1.29, 1.82) is 0 Å². The van der Waals surface area contributed by atoms with Gasteiger partial charge in [-0.2, -0.15) is 0 Å². The molecule has 4 bridgehead atoms. The molecule has 136 valence electrons. The van der Waals surface area contributed by atoms with E-state index in [0.29, 0.717) is 30.1 Å². The molecule has 0 amide bonds. The zero-order valence-corrected chi connectivity index (χ0v) is 15.1. The molecular formula is C18H26N4O3. The number of rotatable bonds is 4. The van der Waals surface area contributed by atoms with Gasteiger partial charge in [0.25, 0.3) is 5.56 Å². The molecule has 25 heavy (non-hydrogen) atoms. The Balaban J connectivity index is 1.77. The molecule has 0 radical (unpaired) electrons. The van der Waals surface area contributed by atoms with Crippen LogP contribution < -0.4 is 11.2 Å². The molecule has 0 aromatic carbocycles. The average molecular weight is 346 g/mol. The standard InChI is InChI=1S/C18H26N4O3/c1-4-5-6-18-9-21-7-17(3,15(18)24)8-22(10-18)14(21)12-11(2)13(23)20-16(25)19-12/h14H,4-10H2,1-3H3,(H2,19,20,23,25). The summed E-state index contributed by atoms with van der Waals surface area (Å²) in [5.41, 5.74) is -0.225. The largest absolute Gasteiger partial charge is 0.326 e. The summed E-state index contributed by atoms with van der Waals surface area (Å²) in [4.78, 5) is 46.8. The number of ketones is 1. The van der Waals surface area contributed by atoms with Gasteiger partial charge >= 0.3 is 5.69 Å². The second-order valence-electron chi connectivity index (χ2n) is 8.40. The maximum absolute atomic E-state index is 13.2. The molecule has 2 N–H and O–H groups in total. The van der Waals surface area contributed by atoms with Crippen molar-refractivity contribution < 1.29 is 4.79 Å². The number of unbranched alkanes of at least 4 members (excludes halogenated alkanes) is 1. The molecule has 4 aliphatic heterocycles. The lowest BCUT2D eigenvalue weighted by Crippen LogP contribution is -2.76. The third kappa shape index (κ3) is 2.29. The second kappa shape index (κ2) is 5.38. The van der Waals surface area contributed by atoms with Gasteiger partial charge < -0.3 is 4.98 Å². The van der Waals surface area contributed by atoms with Gasteiger partial charge in [0, 0.05) is 31.7 Å². The van der Waals surface area contributed by atoms with Gasteiger partial charge in [0.1, 0.15) is 11.9 Å². The Morgan fingerprint density at radius 3 is 2.32 bits per heavy atom. The van der Waals surface area contributed by atoms with Gasteiger partial charge in [0.05, 0.1) is 16.5 Å². The maximum Gasteiger partial charge on any atom is 0.326 e. The van der Waals surface area contributed by atoms with Gasteiger partial charge in [0.15, 0.2) is 0 Å². The van der Waals surface area contributed by atoms with Crippen molar-refractivity contribution >= 4 is 5.78 Å². The Hall–Kier alpha value is -1.73. The first-order valence-electron chi connectivity index (χ1n) is 9.16. The highest BCUT2D eigenvalue weighted by atomic mass is 16.2. The van der Waals surface area contributed by atoms with Crippen LogP contribution in [0.4, 0.5) is 0 Å². The highest BCUT2D eigenvalue weighted by molar-refractivity contribution is 5.93. The van der Waals surface area contributed by atoms with Gasteiger partial charge in [-0.15, -0.1) is 0 Å². The molecule has 2 atom stereocenters. The first-order chi connectivity index (χ1) is 11.8. The molecule has 1 aromatic rings. The van der Waals surface area contributed by atoms with Crippen molar-refractivity contribution in [3.8, 4) is 0 Å². The van der Waals surface area contributed by atoms with Crippen LogP contribution in [0.3, 0.4) is 0 Å². The van der Waals surface area contributed by atoms with Gasteiger partial charge in [0.2, 0.25) is 0 Å². The van der Waals surface area contributed by atoms with Crippen LogP contribution in [0.5, 0.6) is 0 Å². The van der Waals surface area contributed by atoms with Gasteiger partial charge in [-0.3, -0.25) is 24.4 Å². The average Bonchev–Trinajstić information content (AvgIpc) is 2.53. The van der Waals surface area contributed by atoms with E-state index in [4.69, 9.17) is 0 Å². The predicted molar refractivity (Wildman–Crippen MR) is 93.4 cm³/mol. The zero-order chi connectivity index (χ0) is 18.0. The zero-order valence-electron chi connectivity index (χ0n) is 15.1. The molecule has 0 spiro atoms. The van der Waals surface area contributed by atoms with E-state index in [0.717, 1.165) is 32.4 Å². The normalized spacial score (nSPS) is 39.2. The van der Waals surface area contributed by atoms with E-state index < -0.39 is 5.69 Å². The van der Waals surface area contributed by atoms with Crippen LogP contribution in [-0.2, 0) is 4.79 Å². The van der Waals surface area contributed by atoms with E-state index in [1.165, 1.54) is 0 Å². The number of nitrogens with zero attached hydrogens (tertiary/aromatic N) is 2. The smallest absolute Gasteiger partial charge is 0.308 e. The topological polar surface area (TPSA) is 89.3 Å². The summed E-state index contributed by atoms with van der Waals surface area (Å²) < 4.78 is 0. The summed E-state index contributed by atoms with van der Waals surface area (Å²) in [5.74, 6) is 0.413. The van der Waals surface area contributed by atoms with Crippen LogP contribution in [0, 0.1) is 17.8 Å². The molecule has 1 aromatic heterocycles. The number of piperidine rings is 2. The Kier molecular flexibility index (Phi) is 3.60. The lowest BCUT2D eigenvalue weighted by atomic mass is 9.59. The minimum atomic E-state index is -0.468. The number of aromatic nitrogens is 2. The summed E-state index contributed by atoms with van der Waals surface area (Å²) in [6.07, 6.45) is 2.93. The Bertz CT molecular complexity index is 823. The van der Waals surface area contributed by atoms with E-state index >= 15 is 0 Å². The molecule has 7 heteroatoms. The second-order valence-corrected chi connectivity index (χ2v) is 8.40. The monoisotopic (exact) mass is 346 g/mol. The van der Waals surface area contributed by atoms with Crippen molar-refractivity contribution in [3.63, 3.8) is 0 Å². The van der Waals surface area contributed by atoms with Crippen LogP contribution in [0.25, 0.3) is 0 Å². The molecule has 7 nitrogen and oxygen atoms in total. The van der Waals surface area contributed by atoms with Gasteiger partial charge in [-0.25, -0.2) is 4.79 Å². The highest BCUT2D eigenvalue weighted by Crippen LogP contribution is 2.53. The van der Waals surface area contributed by atoms with Crippen LogP contribution in [0.2, 0.25) is 0 Å². The Morgan fingerprint density at radius 2 is 1.72 bits per heavy atom. The van der Waals surface area contributed by atoms with Gasteiger partial charge in [-0.05, 0) is 13.3 Å². The molecule has 4 saturated heterocycles. The van der Waals surface area contributed by atoms with Crippen molar-refractivity contribution in [2.24, 2.45) is 10.8 Å². The van der Waals surface area contributed by atoms with Crippen molar-refractivity contribution in [2.75, 3.05) is 26.2 Å². The molecule has 4 fully saturated rings. The van der Waals surface area contributed by atoms with E-state index in [2.05, 4.69) is 33.6 Å². The quantitative estimate of drug-likeness (QED) is 0.840. The summed E-state index contributed by atoms with van der Waals surface area (Å²) in [7, 11) is 0. The predicted octanol–water partition coefficient (Wildman–Crippen LogP) is 0.767. The lowest BCUT2D eigenvalue weighted by molar-refractivity contribution is -0.202.